The average molecular weight is 411 g/mol. The summed E-state index contributed by atoms with van der Waals surface area (Å²) in [6.07, 6.45) is 0.352. The van der Waals surface area contributed by atoms with E-state index in [1.54, 1.807) is 0 Å². The van der Waals surface area contributed by atoms with Crippen LogP contribution in [0.2, 0.25) is 0 Å². The molecule has 4 heteroatoms. The van der Waals surface area contributed by atoms with E-state index in [4.69, 9.17) is 0 Å². The third-order valence-corrected chi connectivity index (χ3v) is 6.43. The summed E-state index contributed by atoms with van der Waals surface area (Å²) in [4.78, 5) is 15.2. The molecule has 3 aromatic carbocycles. The van der Waals surface area contributed by atoms with Crippen LogP contribution in [-0.4, -0.2) is 27.1 Å². The normalized spacial score (nSPS) is 17.0. The van der Waals surface area contributed by atoms with Crippen molar-refractivity contribution < 1.29 is 9.90 Å². The summed E-state index contributed by atoms with van der Waals surface area (Å²) in [6.45, 7) is 2.73. The Labute approximate surface area is 182 Å². The van der Waals surface area contributed by atoms with E-state index in [9.17, 15) is 9.90 Å². The van der Waals surface area contributed by atoms with Gasteiger partial charge in [0.05, 0.1) is 25.1 Å². The largest absolute Gasteiger partial charge is 0.394 e. The van der Waals surface area contributed by atoms with E-state index in [2.05, 4.69) is 54.0 Å². The number of para-hydroxylation sites is 1. The van der Waals surface area contributed by atoms with Crippen molar-refractivity contribution in [3.63, 3.8) is 0 Å². The van der Waals surface area contributed by atoms with E-state index in [0.29, 0.717) is 6.42 Å². The molecular weight excluding hydrogens is 384 g/mol. The number of fused-ring (bicyclic) bond motifs is 3. The molecular formula is C27H26N2O2. The predicted molar refractivity (Wildman–Crippen MR) is 123 cm³/mol. The maximum atomic E-state index is 13.4. The second-order valence-electron chi connectivity index (χ2n) is 8.22. The number of rotatable bonds is 5. The zero-order valence-electron chi connectivity index (χ0n) is 17.6. The quantitative estimate of drug-likeness (QED) is 0.510. The summed E-state index contributed by atoms with van der Waals surface area (Å²) in [5, 5.41) is 11.4. The Hall–Kier alpha value is -3.37. The third kappa shape index (κ3) is 3.33. The smallest absolute Gasteiger partial charge is 0.228 e. The first-order valence-corrected chi connectivity index (χ1v) is 10.8. The molecule has 1 aliphatic heterocycles. The highest BCUT2D eigenvalue weighted by atomic mass is 16.3. The first-order valence-electron chi connectivity index (χ1n) is 10.8. The molecule has 4 nitrogen and oxygen atoms in total. The number of aliphatic hydroxyl groups excluding tert-OH is 1. The van der Waals surface area contributed by atoms with Crippen molar-refractivity contribution in [2.24, 2.45) is 0 Å². The Morgan fingerprint density at radius 3 is 2.29 bits per heavy atom. The van der Waals surface area contributed by atoms with Crippen LogP contribution in [0.3, 0.4) is 0 Å². The van der Waals surface area contributed by atoms with Crippen LogP contribution in [0.1, 0.15) is 41.4 Å². The molecule has 0 spiro atoms. The van der Waals surface area contributed by atoms with E-state index in [-0.39, 0.29) is 24.6 Å². The highest BCUT2D eigenvalue weighted by molar-refractivity contribution is 5.93. The highest BCUT2D eigenvalue weighted by Gasteiger charge is 2.38. The molecule has 2 heterocycles. The molecule has 0 saturated heterocycles. The van der Waals surface area contributed by atoms with Gasteiger partial charge in [0.1, 0.15) is 0 Å². The lowest BCUT2D eigenvalue weighted by molar-refractivity contribution is -0.138. The summed E-state index contributed by atoms with van der Waals surface area (Å²) >= 11 is 0. The molecule has 156 valence electrons. The molecule has 0 fully saturated rings. The Balaban J connectivity index is 1.65. The fourth-order valence-corrected chi connectivity index (χ4v) is 5.06. The molecule has 0 radical (unpaired) electrons. The van der Waals surface area contributed by atoms with Gasteiger partial charge in [-0.1, -0.05) is 78.9 Å². The zero-order chi connectivity index (χ0) is 21.4. The lowest BCUT2D eigenvalue weighted by Crippen LogP contribution is -2.43. The fraction of sp³-hybridized carbons (Fsp3) is 0.222. The predicted octanol–water partition coefficient (Wildman–Crippen LogP) is 4.87. The van der Waals surface area contributed by atoms with Crippen molar-refractivity contribution in [1.29, 1.82) is 0 Å². The number of amides is 1. The van der Waals surface area contributed by atoms with Gasteiger partial charge in [-0.3, -0.25) is 4.79 Å². The number of aromatic nitrogens is 1. The molecule has 4 aromatic rings. The van der Waals surface area contributed by atoms with Gasteiger partial charge in [-0.2, -0.15) is 0 Å². The fourth-order valence-electron chi connectivity index (χ4n) is 5.06. The van der Waals surface area contributed by atoms with E-state index in [0.717, 1.165) is 28.6 Å². The van der Waals surface area contributed by atoms with Crippen molar-refractivity contribution in [3.8, 4) is 0 Å². The highest BCUT2D eigenvalue weighted by Crippen LogP contribution is 2.41. The number of nitrogens with zero attached hydrogens (tertiary/aromatic N) is 2. The second kappa shape index (κ2) is 8.05. The third-order valence-electron chi connectivity index (χ3n) is 6.43. The number of aliphatic hydroxyl groups is 1. The van der Waals surface area contributed by atoms with Gasteiger partial charge in [-0.25, -0.2) is 0 Å². The van der Waals surface area contributed by atoms with Gasteiger partial charge in [0, 0.05) is 23.1 Å². The number of carbonyl (C=O) groups excluding carboxylic acids is 1. The van der Waals surface area contributed by atoms with Crippen molar-refractivity contribution >= 4 is 16.8 Å². The summed E-state index contributed by atoms with van der Waals surface area (Å²) in [5.74, 6) is 0.0607. The maximum Gasteiger partial charge on any atom is 0.228 e. The Bertz CT molecular complexity index is 1210. The van der Waals surface area contributed by atoms with Gasteiger partial charge in [0.2, 0.25) is 5.91 Å². The molecule has 1 N–H and O–H groups in total. The van der Waals surface area contributed by atoms with Crippen molar-refractivity contribution in [2.45, 2.75) is 32.0 Å². The van der Waals surface area contributed by atoms with Crippen molar-refractivity contribution in [2.75, 3.05) is 6.61 Å². The Morgan fingerprint density at radius 1 is 0.935 bits per heavy atom. The van der Waals surface area contributed by atoms with Crippen molar-refractivity contribution in [1.82, 2.24) is 9.47 Å². The summed E-state index contributed by atoms with van der Waals surface area (Å²) in [7, 11) is 0. The molecule has 0 saturated carbocycles. The SMILES string of the molecule is C[C@@H]1c2c(c3ccccc3n2Cc2ccccc2)CC(=O)N1[C@@H](CO)c1ccccc1. The first-order chi connectivity index (χ1) is 15.2. The molecule has 0 bridgehead atoms. The van der Waals surface area contributed by atoms with Crippen LogP contribution in [0.25, 0.3) is 10.9 Å². The lowest BCUT2D eigenvalue weighted by atomic mass is 9.94. The van der Waals surface area contributed by atoms with Gasteiger partial charge in [0.25, 0.3) is 0 Å². The molecule has 1 aliphatic rings. The number of carbonyl (C=O) groups is 1. The Kier molecular flexibility index (Phi) is 5.08. The minimum atomic E-state index is -0.361. The second-order valence-corrected chi connectivity index (χ2v) is 8.22. The van der Waals surface area contributed by atoms with E-state index in [1.165, 1.54) is 11.3 Å². The zero-order valence-corrected chi connectivity index (χ0v) is 17.6. The summed E-state index contributed by atoms with van der Waals surface area (Å²) in [5.41, 5.74) is 5.62. The first kappa shape index (κ1) is 19.6. The van der Waals surface area contributed by atoms with E-state index < -0.39 is 0 Å². The number of benzene rings is 3. The van der Waals surface area contributed by atoms with Crippen LogP contribution in [0.15, 0.2) is 84.9 Å². The molecule has 1 aromatic heterocycles. The topological polar surface area (TPSA) is 45.5 Å². The molecule has 0 unspecified atom stereocenters. The van der Waals surface area contributed by atoms with Crippen LogP contribution in [0.5, 0.6) is 0 Å². The van der Waals surface area contributed by atoms with Crippen LogP contribution in [0.4, 0.5) is 0 Å². The molecule has 5 rings (SSSR count). The summed E-state index contributed by atoms with van der Waals surface area (Å²) < 4.78 is 2.35. The monoisotopic (exact) mass is 410 g/mol. The Morgan fingerprint density at radius 2 is 1.58 bits per heavy atom. The average Bonchev–Trinajstić information content (AvgIpc) is 3.11. The standard InChI is InChI=1S/C27H26N2O2/c1-19-27-23(16-26(31)29(19)25(18-30)21-12-6-3-7-13-21)22-14-8-9-15-24(22)28(27)17-20-10-4-2-5-11-20/h2-15,19,25,30H,16-18H2,1H3/t19-,25+/m1/s1. The van der Waals surface area contributed by atoms with E-state index >= 15 is 0 Å². The van der Waals surface area contributed by atoms with Crippen LogP contribution >= 0.6 is 0 Å². The van der Waals surface area contributed by atoms with Gasteiger partial charge in [-0.15, -0.1) is 0 Å². The summed E-state index contributed by atoms with van der Waals surface area (Å²) in [6, 6.07) is 28.1. The number of hydrogen-bond donors (Lipinski definition) is 1. The van der Waals surface area contributed by atoms with Gasteiger partial charge < -0.3 is 14.6 Å². The van der Waals surface area contributed by atoms with Gasteiger partial charge in [0.15, 0.2) is 0 Å². The van der Waals surface area contributed by atoms with Crippen LogP contribution in [-0.2, 0) is 17.8 Å². The molecule has 1 amide bonds. The maximum absolute atomic E-state index is 13.4. The number of hydrogen-bond acceptors (Lipinski definition) is 2. The van der Waals surface area contributed by atoms with Gasteiger partial charge >= 0.3 is 0 Å². The van der Waals surface area contributed by atoms with Crippen LogP contribution in [0, 0.1) is 0 Å². The molecule has 0 aliphatic carbocycles. The van der Waals surface area contributed by atoms with Crippen LogP contribution < -0.4 is 0 Å². The lowest BCUT2D eigenvalue weighted by Gasteiger charge is -2.40. The minimum absolute atomic E-state index is 0.0607. The van der Waals surface area contributed by atoms with E-state index in [1.807, 2.05) is 47.4 Å². The van der Waals surface area contributed by atoms with Crippen molar-refractivity contribution in [3.05, 3.63) is 107 Å². The molecule has 2 atom stereocenters. The van der Waals surface area contributed by atoms with Gasteiger partial charge in [-0.05, 0) is 29.7 Å². The minimum Gasteiger partial charge on any atom is -0.394 e. The molecule has 31 heavy (non-hydrogen) atoms.